The zero-order valence-corrected chi connectivity index (χ0v) is 19.4. The third-order valence-electron chi connectivity index (χ3n) is 5.37. The highest BCUT2D eigenvalue weighted by Gasteiger charge is 2.33. The third-order valence-corrected chi connectivity index (χ3v) is 5.37. The van der Waals surface area contributed by atoms with Crippen LogP contribution < -0.4 is 14.8 Å². The second-order valence-corrected chi connectivity index (χ2v) is 9.57. The molecule has 1 aromatic rings. The Balaban J connectivity index is 1.91. The van der Waals surface area contributed by atoms with Crippen molar-refractivity contribution in [3.05, 3.63) is 23.8 Å². The molecule has 2 amide bonds. The van der Waals surface area contributed by atoms with Gasteiger partial charge < -0.3 is 19.7 Å². The Morgan fingerprint density at radius 2 is 1.97 bits per heavy atom. The summed E-state index contributed by atoms with van der Waals surface area (Å²) in [6.07, 6.45) is 2.65. The van der Waals surface area contributed by atoms with Crippen LogP contribution in [0, 0.1) is 17.3 Å². The maximum Gasteiger partial charge on any atom is 0.227 e. The molecule has 1 aliphatic heterocycles. The van der Waals surface area contributed by atoms with Gasteiger partial charge in [-0.2, -0.15) is 0 Å². The van der Waals surface area contributed by atoms with Crippen LogP contribution in [0.3, 0.4) is 0 Å². The number of ether oxygens (including phenoxy) is 2. The quantitative estimate of drug-likeness (QED) is 0.692. The molecule has 30 heavy (non-hydrogen) atoms. The van der Waals surface area contributed by atoms with Gasteiger partial charge in [-0.15, -0.1) is 0 Å². The van der Waals surface area contributed by atoms with Gasteiger partial charge in [0, 0.05) is 25.0 Å². The fourth-order valence-corrected chi connectivity index (χ4v) is 3.53. The molecule has 0 saturated carbocycles. The molecule has 168 valence electrons. The van der Waals surface area contributed by atoms with Crippen molar-refractivity contribution >= 4 is 11.8 Å². The van der Waals surface area contributed by atoms with E-state index in [1.807, 2.05) is 43.9 Å². The van der Waals surface area contributed by atoms with Gasteiger partial charge in [-0.3, -0.25) is 9.59 Å². The molecule has 1 aromatic carbocycles. The first-order valence-corrected chi connectivity index (χ1v) is 11.0. The van der Waals surface area contributed by atoms with Gasteiger partial charge in [0.1, 0.15) is 0 Å². The van der Waals surface area contributed by atoms with E-state index in [9.17, 15) is 9.59 Å². The van der Waals surface area contributed by atoms with Crippen molar-refractivity contribution in [2.24, 2.45) is 17.3 Å². The number of amides is 2. The fraction of sp³-hybridized carbons (Fsp3) is 0.667. The zero-order chi connectivity index (χ0) is 22.3. The molecule has 0 bridgehead atoms. The average molecular weight is 419 g/mol. The number of benzene rings is 1. The normalized spacial score (nSPS) is 17.0. The van der Waals surface area contributed by atoms with Crippen molar-refractivity contribution in [2.75, 3.05) is 26.8 Å². The summed E-state index contributed by atoms with van der Waals surface area (Å²) in [6.45, 7) is 12.4. The van der Waals surface area contributed by atoms with E-state index in [1.54, 1.807) is 7.11 Å². The Morgan fingerprint density at radius 3 is 2.60 bits per heavy atom. The van der Waals surface area contributed by atoms with Gasteiger partial charge in [-0.05, 0) is 42.9 Å². The molecule has 2 rings (SSSR count). The molecule has 0 aromatic heterocycles. The molecular formula is C24H38N2O4. The second kappa shape index (κ2) is 10.7. The highest BCUT2D eigenvalue weighted by atomic mass is 16.5. The molecule has 1 aliphatic rings. The predicted molar refractivity (Wildman–Crippen MR) is 119 cm³/mol. The number of piperidine rings is 1. The van der Waals surface area contributed by atoms with Crippen LogP contribution in [-0.4, -0.2) is 43.5 Å². The van der Waals surface area contributed by atoms with Crippen molar-refractivity contribution in [3.8, 4) is 11.5 Å². The van der Waals surface area contributed by atoms with Crippen LogP contribution in [0.4, 0.5) is 0 Å². The predicted octanol–water partition coefficient (Wildman–Crippen LogP) is 4.02. The van der Waals surface area contributed by atoms with Gasteiger partial charge in [0.05, 0.1) is 19.6 Å². The summed E-state index contributed by atoms with van der Waals surface area (Å²) in [5, 5.41) is 3.02. The van der Waals surface area contributed by atoms with Crippen molar-refractivity contribution in [2.45, 2.75) is 60.4 Å². The maximum atomic E-state index is 12.7. The van der Waals surface area contributed by atoms with Gasteiger partial charge in [0.2, 0.25) is 11.8 Å². The van der Waals surface area contributed by atoms with E-state index < -0.39 is 5.41 Å². The molecule has 1 saturated heterocycles. The second-order valence-electron chi connectivity index (χ2n) is 9.57. The van der Waals surface area contributed by atoms with Gasteiger partial charge in [0.25, 0.3) is 0 Å². The Morgan fingerprint density at radius 1 is 1.23 bits per heavy atom. The van der Waals surface area contributed by atoms with Crippen molar-refractivity contribution < 1.29 is 19.1 Å². The molecule has 0 radical (unpaired) electrons. The average Bonchev–Trinajstić information content (AvgIpc) is 2.71. The van der Waals surface area contributed by atoms with Crippen LogP contribution in [0.15, 0.2) is 18.2 Å². The van der Waals surface area contributed by atoms with Gasteiger partial charge >= 0.3 is 0 Å². The molecule has 0 spiro atoms. The van der Waals surface area contributed by atoms with Crippen LogP contribution in [0.5, 0.6) is 11.5 Å². The number of likely N-dealkylation sites (tertiary alicyclic amines) is 1. The minimum Gasteiger partial charge on any atom is -0.493 e. The number of hydrogen-bond donors (Lipinski definition) is 1. The molecule has 1 atom stereocenters. The number of carbonyl (C=O) groups excluding carboxylic acids is 2. The van der Waals surface area contributed by atoms with Gasteiger partial charge in [0.15, 0.2) is 11.5 Å². The van der Waals surface area contributed by atoms with Crippen molar-refractivity contribution in [1.29, 1.82) is 0 Å². The van der Waals surface area contributed by atoms with E-state index in [0.29, 0.717) is 31.4 Å². The Bertz CT molecular complexity index is 724. The Labute approximate surface area is 181 Å². The number of nitrogens with one attached hydrogen (secondary N) is 1. The highest BCUT2D eigenvalue weighted by molar-refractivity contribution is 5.83. The topological polar surface area (TPSA) is 67.9 Å². The van der Waals surface area contributed by atoms with E-state index in [2.05, 4.69) is 19.2 Å². The van der Waals surface area contributed by atoms with Crippen LogP contribution in [-0.2, 0) is 16.1 Å². The fourth-order valence-electron chi connectivity index (χ4n) is 3.53. The first-order chi connectivity index (χ1) is 14.1. The van der Waals surface area contributed by atoms with Crippen LogP contribution in [0.25, 0.3) is 0 Å². The lowest BCUT2D eigenvalue weighted by Gasteiger charge is -2.35. The zero-order valence-electron chi connectivity index (χ0n) is 19.4. The Hall–Kier alpha value is -2.24. The number of methoxy groups -OCH3 is 1. The van der Waals surface area contributed by atoms with Crippen LogP contribution in [0.1, 0.15) is 59.4 Å². The molecule has 6 nitrogen and oxygen atoms in total. The lowest BCUT2D eigenvalue weighted by Crippen LogP contribution is -2.48. The summed E-state index contributed by atoms with van der Waals surface area (Å²) in [7, 11) is 1.62. The lowest BCUT2D eigenvalue weighted by molar-refractivity contribution is -0.142. The number of carbonyl (C=O) groups is 2. The summed E-state index contributed by atoms with van der Waals surface area (Å²) in [6, 6.07) is 5.75. The van der Waals surface area contributed by atoms with E-state index >= 15 is 0 Å². The van der Waals surface area contributed by atoms with E-state index in [-0.39, 0.29) is 17.7 Å². The van der Waals surface area contributed by atoms with Crippen LogP contribution in [0.2, 0.25) is 0 Å². The summed E-state index contributed by atoms with van der Waals surface area (Å²) in [5.74, 6) is 1.92. The summed E-state index contributed by atoms with van der Waals surface area (Å²) in [4.78, 5) is 27.1. The Kier molecular flexibility index (Phi) is 8.56. The molecule has 1 fully saturated rings. The largest absolute Gasteiger partial charge is 0.493 e. The summed E-state index contributed by atoms with van der Waals surface area (Å²) >= 11 is 0. The summed E-state index contributed by atoms with van der Waals surface area (Å²) < 4.78 is 11.3. The number of hydrogen-bond acceptors (Lipinski definition) is 4. The smallest absolute Gasteiger partial charge is 0.227 e. The molecule has 1 heterocycles. The molecule has 6 heteroatoms. The first kappa shape index (κ1) is 24.0. The van der Waals surface area contributed by atoms with Crippen LogP contribution >= 0.6 is 0 Å². The van der Waals surface area contributed by atoms with E-state index in [0.717, 1.165) is 37.1 Å². The minimum atomic E-state index is -0.423. The molecule has 0 aliphatic carbocycles. The standard InChI is InChI=1S/C24H38N2O4/c1-17(2)11-13-30-20-10-9-18(14-21(20)29-6)15-25-22(27)19-8-7-12-26(16-19)23(28)24(3,4)5/h9-10,14,17,19H,7-8,11-13,15-16H2,1-6H3,(H,25,27). The molecule has 1 unspecified atom stereocenters. The summed E-state index contributed by atoms with van der Waals surface area (Å²) in [5.41, 5.74) is 0.531. The highest BCUT2D eigenvalue weighted by Crippen LogP contribution is 2.29. The third kappa shape index (κ3) is 6.92. The molecular weight excluding hydrogens is 380 g/mol. The van der Waals surface area contributed by atoms with E-state index in [4.69, 9.17) is 9.47 Å². The maximum absolute atomic E-state index is 12.7. The SMILES string of the molecule is COc1cc(CNC(=O)C2CCCN(C(=O)C(C)(C)C)C2)ccc1OCCC(C)C. The van der Waals surface area contributed by atoms with Crippen molar-refractivity contribution in [1.82, 2.24) is 10.2 Å². The van der Waals surface area contributed by atoms with Gasteiger partial charge in [-0.25, -0.2) is 0 Å². The number of nitrogens with zero attached hydrogens (tertiary/aromatic N) is 1. The lowest BCUT2D eigenvalue weighted by atomic mass is 9.91. The monoisotopic (exact) mass is 418 g/mol. The first-order valence-electron chi connectivity index (χ1n) is 11.0. The van der Waals surface area contributed by atoms with E-state index in [1.165, 1.54) is 0 Å². The number of rotatable bonds is 8. The van der Waals surface area contributed by atoms with Gasteiger partial charge in [-0.1, -0.05) is 40.7 Å². The minimum absolute atomic E-state index is 0.00219. The van der Waals surface area contributed by atoms with Crippen molar-refractivity contribution in [3.63, 3.8) is 0 Å². The molecule has 1 N–H and O–H groups in total.